The van der Waals surface area contributed by atoms with Gasteiger partial charge in [0.2, 0.25) is 5.78 Å². The second-order valence-corrected chi connectivity index (χ2v) is 5.33. The molecule has 3 rings (SSSR count). The molecule has 114 valence electrons. The van der Waals surface area contributed by atoms with Crippen LogP contribution in [0.2, 0.25) is 0 Å². The fourth-order valence-electron chi connectivity index (χ4n) is 2.48. The molecule has 0 fully saturated rings. The lowest BCUT2D eigenvalue weighted by Crippen LogP contribution is -2.49. The van der Waals surface area contributed by atoms with Crippen LogP contribution in [0.4, 0.5) is 0 Å². The Hall–Kier alpha value is -2.73. The largest absolute Gasteiger partial charge is 0.508 e. The van der Waals surface area contributed by atoms with Gasteiger partial charge < -0.3 is 25.2 Å². The van der Waals surface area contributed by atoms with Gasteiger partial charge in [0.05, 0.1) is 5.56 Å². The van der Waals surface area contributed by atoms with Crippen LogP contribution in [0.25, 0.3) is 0 Å². The molecular weight excluding hydrogens is 288 g/mol. The first-order valence-electron chi connectivity index (χ1n) is 6.63. The van der Waals surface area contributed by atoms with E-state index in [9.17, 15) is 25.2 Å². The molecule has 1 heterocycles. The number of ether oxygens (including phenoxy) is 1. The molecule has 0 amide bonds. The van der Waals surface area contributed by atoms with Gasteiger partial charge in [-0.2, -0.15) is 0 Å². The minimum atomic E-state index is -1.77. The number of hydrogen-bond donors (Lipinski definition) is 4. The highest BCUT2D eigenvalue weighted by molar-refractivity contribution is 6.05. The van der Waals surface area contributed by atoms with E-state index in [1.54, 1.807) is 0 Å². The topological polar surface area (TPSA) is 107 Å². The normalized spacial score (nSPS) is 20.3. The van der Waals surface area contributed by atoms with Gasteiger partial charge in [-0.1, -0.05) is 6.07 Å². The standard InChI is InChI=1S/C16H14O6/c17-10-2-3-11-14(6-10)22-8-16(21,15(11)20)7-9-1-4-12(18)13(19)5-9/h1-6,17-19,21H,7-8H2/t16-/m0/s1. The number of Topliss-reactive ketones (excluding diaryl/α,β-unsaturated/α-hetero) is 1. The van der Waals surface area contributed by atoms with E-state index in [0.717, 1.165) is 0 Å². The first-order chi connectivity index (χ1) is 10.4. The van der Waals surface area contributed by atoms with Crippen LogP contribution in [-0.4, -0.2) is 38.4 Å². The number of phenolic OH excluding ortho intramolecular Hbond substituents is 3. The molecule has 22 heavy (non-hydrogen) atoms. The number of rotatable bonds is 2. The summed E-state index contributed by atoms with van der Waals surface area (Å²) in [6, 6.07) is 8.14. The van der Waals surface area contributed by atoms with Crippen molar-refractivity contribution in [1.29, 1.82) is 0 Å². The van der Waals surface area contributed by atoms with E-state index in [1.165, 1.54) is 36.4 Å². The van der Waals surface area contributed by atoms with E-state index in [0.29, 0.717) is 5.56 Å². The van der Waals surface area contributed by atoms with Crippen molar-refractivity contribution in [3.8, 4) is 23.0 Å². The van der Waals surface area contributed by atoms with Crippen LogP contribution in [0.1, 0.15) is 15.9 Å². The van der Waals surface area contributed by atoms with Crippen LogP contribution in [-0.2, 0) is 6.42 Å². The number of hydrogen-bond acceptors (Lipinski definition) is 6. The van der Waals surface area contributed by atoms with Crippen LogP contribution >= 0.6 is 0 Å². The molecule has 6 heteroatoms. The maximum atomic E-state index is 12.5. The van der Waals surface area contributed by atoms with Gasteiger partial charge in [-0.05, 0) is 29.8 Å². The summed E-state index contributed by atoms with van der Waals surface area (Å²) in [5, 5.41) is 38.8. The minimum absolute atomic E-state index is 0.0274. The molecule has 0 saturated heterocycles. The molecule has 0 spiro atoms. The third kappa shape index (κ3) is 2.33. The highest BCUT2D eigenvalue weighted by Gasteiger charge is 2.42. The van der Waals surface area contributed by atoms with Crippen molar-refractivity contribution in [2.45, 2.75) is 12.0 Å². The van der Waals surface area contributed by atoms with Crippen molar-refractivity contribution in [1.82, 2.24) is 0 Å². The summed E-state index contributed by atoms with van der Waals surface area (Å²) < 4.78 is 5.37. The highest BCUT2D eigenvalue weighted by Crippen LogP contribution is 2.35. The smallest absolute Gasteiger partial charge is 0.201 e. The molecule has 2 aromatic carbocycles. The Labute approximate surface area is 125 Å². The predicted octanol–water partition coefficient (Wildman–Crippen LogP) is 1.35. The Balaban J connectivity index is 1.92. The monoisotopic (exact) mass is 302 g/mol. The summed E-state index contributed by atoms with van der Waals surface area (Å²) in [5.74, 6) is -0.914. The second-order valence-electron chi connectivity index (χ2n) is 5.33. The number of carbonyl (C=O) groups is 1. The van der Waals surface area contributed by atoms with Crippen molar-refractivity contribution in [2.24, 2.45) is 0 Å². The number of ketones is 1. The number of carbonyl (C=O) groups excluding carboxylic acids is 1. The number of fused-ring (bicyclic) bond motifs is 1. The van der Waals surface area contributed by atoms with Gasteiger partial charge in [0.1, 0.15) is 18.1 Å². The van der Waals surface area contributed by atoms with E-state index in [4.69, 9.17) is 4.74 Å². The average Bonchev–Trinajstić information content (AvgIpc) is 2.47. The molecule has 1 atom stereocenters. The summed E-state index contributed by atoms with van der Waals surface area (Å²) in [4.78, 5) is 12.5. The molecule has 0 saturated carbocycles. The molecule has 1 aliphatic heterocycles. The zero-order chi connectivity index (χ0) is 15.9. The number of benzene rings is 2. The zero-order valence-corrected chi connectivity index (χ0v) is 11.5. The van der Waals surface area contributed by atoms with Gasteiger partial charge in [0, 0.05) is 12.5 Å². The van der Waals surface area contributed by atoms with Gasteiger partial charge in [-0.3, -0.25) is 4.79 Å². The minimum Gasteiger partial charge on any atom is -0.508 e. The van der Waals surface area contributed by atoms with Crippen LogP contribution in [0.15, 0.2) is 36.4 Å². The predicted molar refractivity (Wildman–Crippen MR) is 76.4 cm³/mol. The molecule has 4 N–H and O–H groups in total. The summed E-state index contributed by atoms with van der Waals surface area (Å²) in [6.45, 7) is -0.260. The molecular formula is C16H14O6. The quantitative estimate of drug-likeness (QED) is 0.624. The highest BCUT2D eigenvalue weighted by atomic mass is 16.5. The van der Waals surface area contributed by atoms with Crippen molar-refractivity contribution in [2.75, 3.05) is 6.61 Å². The zero-order valence-electron chi connectivity index (χ0n) is 11.5. The Morgan fingerprint density at radius 1 is 1.05 bits per heavy atom. The summed E-state index contributed by atoms with van der Waals surface area (Å²) in [7, 11) is 0. The van der Waals surface area contributed by atoms with Gasteiger partial charge in [0.15, 0.2) is 17.1 Å². The van der Waals surface area contributed by atoms with Crippen LogP contribution in [0.5, 0.6) is 23.0 Å². The van der Waals surface area contributed by atoms with Gasteiger partial charge in [-0.15, -0.1) is 0 Å². The molecule has 2 aromatic rings. The fraction of sp³-hybridized carbons (Fsp3) is 0.188. The van der Waals surface area contributed by atoms with Crippen molar-refractivity contribution in [3.63, 3.8) is 0 Å². The van der Waals surface area contributed by atoms with E-state index in [-0.39, 0.29) is 41.6 Å². The lowest BCUT2D eigenvalue weighted by Gasteiger charge is -2.32. The Bertz CT molecular complexity index is 754. The lowest BCUT2D eigenvalue weighted by molar-refractivity contribution is -0.00201. The van der Waals surface area contributed by atoms with Crippen molar-refractivity contribution < 1.29 is 30.0 Å². The lowest BCUT2D eigenvalue weighted by atomic mass is 9.85. The summed E-state index contributed by atoms with van der Waals surface area (Å²) in [6.07, 6.45) is -0.0695. The summed E-state index contributed by atoms with van der Waals surface area (Å²) >= 11 is 0. The van der Waals surface area contributed by atoms with Gasteiger partial charge in [-0.25, -0.2) is 0 Å². The van der Waals surface area contributed by atoms with Crippen LogP contribution in [0.3, 0.4) is 0 Å². The van der Waals surface area contributed by atoms with E-state index in [2.05, 4.69) is 0 Å². The maximum Gasteiger partial charge on any atom is 0.201 e. The van der Waals surface area contributed by atoms with Crippen molar-refractivity contribution in [3.05, 3.63) is 47.5 Å². The molecule has 0 bridgehead atoms. The van der Waals surface area contributed by atoms with Gasteiger partial charge >= 0.3 is 0 Å². The van der Waals surface area contributed by atoms with Crippen molar-refractivity contribution >= 4 is 5.78 Å². The van der Waals surface area contributed by atoms with E-state index in [1.807, 2.05) is 0 Å². The third-order valence-electron chi connectivity index (χ3n) is 3.64. The first kappa shape index (κ1) is 14.2. The number of aliphatic hydroxyl groups is 1. The maximum absolute atomic E-state index is 12.5. The van der Waals surface area contributed by atoms with Crippen LogP contribution in [0, 0.1) is 0 Å². The van der Waals surface area contributed by atoms with E-state index >= 15 is 0 Å². The molecule has 0 aromatic heterocycles. The molecule has 1 aliphatic rings. The Morgan fingerprint density at radius 2 is 1.82 bits per heavy atom. The second kappa shape index (κ2) is 4.92. The molecule has 0 aliphatic carbocycles. The Kier molecular flexibility index (Phi) is 3.18. The Morgan fingerprint density at radius 3 is 2.55 bits per heavy atom. The first-order valence-corrected chi connectivity index (χ1v) is 6.63. The number of phenols is 3. The third-order valence-corrected chi connectivity index (χ3v) is 3.64. The van der Waals surface area contributed by atoms with Gasteiger partial charge in [0.25, 0.3) is 0 Å². The fourth-order valence-corrected chi connectivity index (χ4v) is 2.48. The molecule has 0 radical (unpaired) electrons. The SMILES string of the molecule is O=C1c2ccc(O)cc2OC[C@@]1(O)Cc1ccc(O)c(O)c1. The molecule has 6 nitrogen and oxygen atoms in total. The van der Waals surface area contributed by atoms with Crippen LogP contribution < -0.4 is 4.74 Å². The average molecular weight is 302 g/mol. The van der Waals surface area contributed by atoms with E-state index < -0.39 is 11.4 Å². The summed E-state index contributed by atoms with van der Waals surface area (Å²) in [5.41, 5.74) is -1.10. The molecule has 0 unspecified atom stereocenters. The number of aromatic hydroxyl groups is 3.